The molecule has 9 heteroatoms. The molecule has 0 aliphatic carbocycles. The molecule has 1 unspecified atom stereocenters. The third-order valence-corrected chi connectivity index (χ3v) is 20.6. The van der Waals surface area contributed by atoms with E-state index in [1.54, 1.807) is 0 Å². The van der Waals surface area contributed by atoms with Crippen molar-refractivity contribution in [1.82, 2.24) is 0 Å². The minimum Gasteiger partial charge on any atom is -0.539 e. The largest absolute Gasteiger partial charge is 0.539 e. The summed E-state index contributed by atoms with van der Waals surface area (Å²) < 4.78 is 95.1. The molecule has 1 nitrogen and oxygen atoms in total. The second-order valence-electron chi connectivity index (χ2n) is 12.9. The zero-order valence-corrected chi connectivity index (χ0v) is 29.3. The van der Waals surface area contributed by atoms with Crippen molar-refractivity contribution in [3.05, 3.63) is 41.0 Å². The van der Waals surface area contributed by atoms with Gasteiger partial charge in [-0.15, -0.1) is 0 Å². The van der Waals surface area contributed by atoms with Gasteiger partial charge in [0.2, 0.25) is 5.82 Å². The Bertz CT molecular complexity index is 1140. The van der Waals surface area contributed by atoms with Crippen LogP contribution in [0.25, 0.3) is 10.8 Å². The summed E-state index contributed by atoms with van der Waals surface area (Å²) in [5, 5.41) is -2.57. The summed E-state index contributed by atoms with van der Waals surface area (Å²) in [7, 11) is -4.23. The summed E-state index contributed by atoms with van der Waals surface area (Å²) in [6.45, 7) is 12.9. The van der Waals surface area contributed by atoms with Gasteiger partial charge in [-0.1, -0.05) is 136 Å². The van der Waals surface area contributed by atoms with Crippen LogP contribution in [-0.2, 0) is 0 Å². The van der Waals surface area contributed by atoms with Gasteiger partial charge in [-0.2, -0.15) is 4.39 Å². The van der Waals surface area contributed by atoms with Crippen LogP contribution < -0.4 is 4.43 Å². The van der Waals surface area contributed by atoms with Crippen molar-refractivity contribution < 1.29 is 30.8 Å². The fourth-order valence-electron chi connectivity index (χ4n) is 7.06. The lowest BCUT2D eigenvalue weighted by Gasteiger charge is -2.36. The predicted molar refractivity (Wildman–Crippen MR) is 172 cm³/mol. The number of hydrogen-bond acceptors (Lipinski definition) is 1. The van der Waals surface area contributed by atoms with E-state index >= 15 is 13.2 Å². The van der Waals surface area contributed by atoms with Gasteiger partial charge in [0.05, 0.1) is 24.9 Å². The van der Waals surface area contributed by atoms with Crippen LogP contribution in [0.3, 0.4) is 0 Å². The van der Waals surface area contributed by atoms with Crippen LogP contribution in [0.4, 0.5) is 26.3 Å². The first kappa shape index (κ1) is 37.7. The highest BCUT2D eigenvalue weighted by atomic mass is 28.4. The van der Waals surface area contributed by atoms with Crippen molar-refractivity contribution in [1.29, 1.82) is 0 Å². The molecule has 2 aromatic carbocycles. The third kappa shape index (κ3) is 9.50. The van der Waals surface area contributed by atoms with Crippen LogP contribution in [0, 0.1) is 41.0 Å². The van der Waals surface area contributed by atoms with Gasteiger partial charge in [0.25, 0.3) is 8.32 Å². The van der Waals surface area contributed by atoms with E-state index in [0.717, 1.165) is 44.9 Å². The van der Waals surface area contributed by atoms with Crippen LogP contribution in [0.15, 0.2) is 0 Å². The van der Waals surface area contributed by atoms with Crippen LogP contribution in [-0.4, -0.2) is 16.4 Å². The van der Waals surface area contributed by atoms with E-state index in [4.69, 9.17) is 4.43 Å². The molecule has 43 heavy (non-hydrogen) atoms. The molecule has 0 aromatic heterocycles. The Morgan fingerprint density at radius 3 is 1.53 bits per heavy atom. The van der Waals surface area contributed by atoms with Gasteiger partial charge in [0, 0.05) is 0 Å². The van der Waals surface area contributed by atoms with Crippen molar-refractivity contribution >= 4 is 27.2 Å². The first-order valence-corrected chi connectivity index (χ1v) is 21.9. The fourth-order valence-corrected chi connectivity index (χ4v) is 16.9. The quantitative estimate of drug-likeness (QED) is 0.0567. The highest BCUT2D eigenvalue weighted by Crippen LogP contribution is 2.42. The maximum Gasteiger partial charge on any atom is 0.254 e. The Balaban J connectivity index is 2.33. The smallest absolute Gasteiger partial charge is 0.254 e. The topological polar surface area (TPSA) is 9.23 Å². The molecule has 2 aromatic rings. The number of hydrogen-bond donors (Lipinski definition) is 0. The van der Waals surface area contributed by atoms with Crippen molar-refractivity contribution in [3.8, 4) is 5.75 Å². The zero-order chi connectivity index (χ0) is 32.2. The summed E-state index contributed by atoms with van der Waals surface area (Å²) in [5.41, 5.74) is -0.0761. The summed E-state index contributed by atoms with van der Waals surface area (Å²) in [6, 6.07) is 8.08. The zero-order valence-electron chi connectivity index (χ0n) is 27.3. The number of fused-ring (bicyclic) bond motifs is 1. The van der Waals surface area contributed by atoms with E-state index < -0.39 is 67.8 Å². The Kier molecular flexibility index (Phi) is 15.7. The molecule has 2 rings (SSSR count). The second-order valence-corrected chi connectivity index (χ2v) is 22.4. The molecule has 0 saturated heterocycles. The van der Waals surface area contributed by atoms with Crippen LogP contribution >= 0.6 is 0 Å². The first-order chi connectivity index (χ1) is 20.4. The molecular formula is C34H53F6OSi2. The Labute approximate surface area is 258 Å². The highest BCUT2D eigenvalue weighted by molar-refractivity contribution is 6.79. The van der Waals surface area contributed by atoms with Crippen molar-refractivity contribution in [2.24, 2.45) is 0 Å². The van der Waals surface area contributed by atoms with Gasteiger partial charge in [0.1, 0.15) is 5.82 Å². The van der Waals surface area contributed by atoms with Crippen LogP contribution in [0.1, 0.15) is 112 Å². The summed E-state index contributed by atoms with van der Waals surface area (Å²) >= 11 is 0. The first-order valence-electron chi connectivity index (χ1n) is 16.7. The number of unbranched alkanes of at least 4 members (excludes halogenated alkanes) is 6. The molecular weight excluding hydrogens is 595 g/mol. The molecule has 0 aliphatic rings. The van der Waals surface area contributed by atoms with Crippen molar-refractivity contribution in [2.45, 2.75) is 154 Å². The molecule has 0 fully saturated rings. The summed E-state index contributed by atoms with van der Waals surface area (Å²) in [4.78, 5) is 0. The van der Waals surface area contributed by atoms with E-state index in [1.807, 2.05) is 13.8 Å². The lowest BCUT2D eigenvalue weighted by atomic mass is 10.1. The molecule has 0 heterocycles. The lowest BCUT2D eigenvalue weighted by Crippen LogP contribution is -2.45. The molecule has 1 radical (unpaired) electrons. The molecule has 245 valence electrons. The SMILES string of the molecule is CCCCCC[Si](CCCCCC[Si](CCC)(CCC)CCC)(Oc1c(F)c(F)c2c(F)[c]c(F)c(F)c2c1F)C(C)C. The van der Waals surface area contributed by atoms with Gasteiger partial charge in [-0.05, 0) is 17.6 Å². The molecule has 0 amide bonds. The predicted octanol–water partition coefficient (Wildman–Crippen LogP) is 13.0. The Hall–Kier alpha value is -1.49. The van der Waals surface area contributed by atoms with Gasteiger partial charge in [0.15, 0.2) is 29.0 Å². The number of benzene rings is 2. The van der Waals surface area contributed by atoms with E-state index in [1.165, 1.54) is 55.9 Å². The van der Waals surface area contributed by atoms with Crippen molar-refractivity contribution in [2.75, 3.05) is 0 Å². The molecule has 0 spiro atoms. The molecule has 0 N–H and O–H groups in total. The van der Waals surface area contributed by atoms with E-state index in [0.29, 0.717) is 12.1 Å². The van der Waals surface area contributed by atoms with Gasteiger partial charge < -0.3 is 4.43 Å². The molecule has 0 saturated carbocycles. The van der Waals surface area contributed by atoms with E-state index in [-0.39, 0.29) is 5.54 Å². The normalized spacial score (nSPS) is 13.7. The van der Waals surface area contributed by atoms with Gasteiger partial charge in [-0.3, -0.25) is 0 Å². The number of rotatable bonds is 21. The van der Waals surface area contributed by atoms with E-state index in [9.17, 15) is 13.2 Å². The minimum absolute atomic E-state index is 0.0761. The van der Waals surface area contributed by atoms with Crippen LogP contribution in [0.2, 0.25) is 41.8 Å². The van der Waals surface area contributed by atoms with Gasteiger partial charge in [-0.25, -0.2) is 22.0 Å². The lowest BCUT2D eigenvalue weighted by molar-refractivity contribution is 0.404. The minimum atomic E-state index is -2.97. The second kappa shape index (κ2) is 17.9. The standard InChI is InChI=1S/C34H53F6OSi2/c1-7-11-12-16-22-43(25(5)6,23-17-14-13-15-21-42(18-8-2,19-9-3)20-10-4)41-34-32(39)29-28(31(38)33(34)40)26(35)24-27(36)30(29)37/h25H,7-23H2,1-6H3. The third-order valence-electron chi connectivity index (χ3n) is 9.34. The molecule has 0 bridgehead atoms. The molecule has 1 atom stereocenters. The Morgan fingerprint density at radius 2 is 1.05 bits per heavy atom. The van der Waals surface area contributed by atoms with Crippen molar-refractivity contribution in [3.63, 3.8) is 0 Å². The summed E-state index contributed by atoms with van der Waals surface area (Å²) in [6.07, 6.45) is 11.5. The summed E-state index contributed by atoms with van der Waals surface area (Å²) in [5.74, 6) is -11.5. The average Bonchev–Trinajstić information content (AvgIpc) is 2.95. The molecule has 0 aliphatic heterocycles. The maximum absolute atomic E-state index is 15.7. The van der Waals surface area contributed by atoms with Crippen LogP contribution in [0.5, 0.6) is 5.75 Å². The number of halogens is 6. The van der Waals surface area contributed by atoms with E-state index in [2.05, 4.69) is 27.7 Å². The highest BCUT2D eigenvalue weighted by Gasteiger charge is 2.42. The Morgan fingerprint density at radius 1 is 0.535 bits per heavy atom. The maximum atomic E-state index is 15.7. The fraction of sp³-hybridized carbons (Fsp3) is 0.706. The average molecular weight is 648 g/mol. The van der Waals surface area contributed by atoms with Gasteiger partial charge >= 0.3 is 0 Å². The monoisotopic (exact) mass is 647 g/mol.